The van der Waals surface area contributed by atoms with Gasteiger partial charge in [0.1, 0.15) is 5.75 Å². The smallest absolute Gasteiger partial charge is 0.251 e. The molecular weight excluding hydrogens is 388 g/mol. The summed E-state index contributed by atoms with van der Waals surface area (Å²) < 4.78 is 32.1. The van der Waals surface area contributed by atoms with Crippen LogP contribution < -0.4 is 10.1 Å². The minimum Gasteiger partial charge on any atom is -0.496 e. The first-order valence-corrected chi connectivity index (χ1v) is 11.5. The third-order valence-electron chi connectivity index (χ3n) is 5.23. The summed E-state index contributed by atoms with van der Waals surface area (Å²) in [5, 5.41) is 2.96. The lowest BCUT2D eigenvalue weighted by Crippen LogP contribution is -2.36. The molecule has 2 aromatic rings. The molecule has 1 amide bonds. The lowest BCUT2D eigenvalue weighted by Gasteiger charge is -2.25. The number of methoxy groups -OCH3 is 1. The molecule has 0 aliphatic carbocycles. The number of nitrogens with one attached hydrogen (secondary N) is 1. The maximum Gasteiger partial charge on any atom is 0.251 e. The van der Waals surface area contributed by atoms with E-state index in [2.05, 4.69) is 5.32 Å². The molecule has 29 heavy (non-hydrogen) atoms. The van der Waals surface area contributed by atoms with Crippen molar-refractivity contribution in [3.8, 4) is 5.75 Å². The van der Waals surface area contributed by atoms with Gasteiger partial charge >= 0.3 is 0 Å². The molecule has 1 N–H and O–H groups in total. The summed E-state index contributed by atoms with van der Waals surface area (Å²) in [5.74, 6) is 0.472. The van der Waals surface area contributed by atoms with Gasteiger partial charge in [-0.3, -0.25) is 4.79 Å². The molecule has 1 aliphatic heterocycles. The van der Waals surface area contributed by atoms with Gasteiger partial charge in [0.25, 0.3) is 5.91 Å². The number of carbonyl (C=O) groups excluding carboxylic acids is 1. The molecular formula is C22H28N2O4S. The third-order valence-corrected chi connectivity index (χ3v) is 7.08. The SMILES string of the molecule is COc1ccccc1[C@@H](C)NC(=O)c1ccc(CS(=O)(=O)N2CCCCC2)cc1. The van der Waals surface area contributed by atoms with Crippen LogP contribution in [0, 0.1) is 0 Å². The van der Waals surface area contributed by atoms with E-state index in [1.165, 1.54) is 0 Å². The molecule has 0 aromatic heterocycles. The van der Waals surface area contributed by atoms with Gasteiger partial charge in [0, 0.05) is 24.2 Å². The van der Waals surface area contributed by atoms with Crippen molar-refractivity contribution in [1.29, 1.82) is 0 Å². The van der Waals surface area contributed by atoms with Crippen molar-refractivity contribution in [1.82, 2.24) is 9.62 Å². The van der Waals surface area contributed by atoms with Gasteiger partial charge in [-0.1, -0.05) is 36.8 Å². The number of piperidine rings is 1. The summed E-state index contributed by atoms with van der Waals surface area (Å²) >= 11 is 0. The minimum absolute atomic E-state index is 0.0352. The Kier molecular flexibility index (Phi) is 6.92. The fourth-order valence-corrected chi connectivity index (χ4v) is 5.19. The Bertz CT molecular complexity index is 936. The number of ether oxygens (including phenoxy) is 1. The topological polar surface area (TPSA) is 75.7 Å². The second-order valence-electron chi connectivity index (χ2n) is 7.35. The maximum absolute atomic E-state index is 12.6. The van der Waals surface area contributed by atoms with Gasteiger partial charge < -0.3 is 10.1 Å². The summed E-state index contributed by atoms with van der Waals surface area (Å²) in [4.78, 5) is 12.6. The van der Waals surface area contributed by atoms with Gasteiger partial charge in [-0.2, -0.15) is 0 Å². The highest BCUT2D eigenvalue weighted by atomic mass is 32.2. The number of para-hydroxylation sites is 1. The maximum atomic E-state index is 12.6. The first-order chi connectivity index (χ1) is 13.9. The van der Waals surface area contributed by atoms with E-state index < -0.39 is 10.0 Å². The van der Waals surface area contributed by atoms with Gasteiger partial charge in [-0.05, 0) is 43.5 Å². The summed E-state index contributed by atoms with van der Waals surface area (Å²) in [6.07, 6.45) is 2.93. The molecule has 6 nitrogen and oxygen atoms in total. The van der Waals surface area contributed by atoms with E-state index in [9.17, 15) is 13.2 Å². The molecule has 1 atom stereocenters. The summed E-state index contributed by atoms with van der Waals surface area (Å²) in [6.45, 7) is 3.10. The zero-order chi connectivity index (χ0) is 20.9. The molecule has 1 heterocycles. The molecule has 1 fully saturated rings. The normalized spacial score (nSPS) is 16.2. The van der Waals surface area contributed by atoms with E-state index in [-0.39, 0.29) is 17.7 Å². The van der Waals surface area contributed by atoms with Crippen LogP contribution in [-0.2, 0) is 15.8 Å². The van der Waals surface area contributed by atoms with Gasteiger partial charge in [0.15, 0.2) is 0 Å². The fraction of sp³-hybridized carbons (Fsp3) is 0.409. The van der Waals surface area contributed by atoms with Crippen LogP contribution in [-0.4, -0.2) is 38.8 Å². The van der Waals surface area contributed by atoms with E-state index in [1.807, 2.05) is 31.2 Å². The van der Waals surface area contributed by atoms with Gasteiger partial charge in [0.05, 0.1) is 18.9 Å². The molecule has 0 bridgehead atoms. The van der Waals surface area contributed by atoms with Gasteiger partial charge in [-0.15, -0.1) is 0 Å². The minimum atomic E-state index is -3.31. The van der Waals surface area contributed by atoms with E-state index in [1.54, 1.807) is 35.7 Å². The zero-order valence-corrected chi connectivity index (χ0v) is 17.7. The highest BCUT2D eigenvalue weighted by molar-refractivity contribution is 7.88. The van der Waals surface area contributed by atoms with Crippen LogP contribution in [0.4, 0.5) is 0 Å². The Hall–Kier alpha value is -2.38. The summed E-state index contributed by atoms with van der Waals surface area (Å²) in [5.41, 5.74) is 2.07. The molecule has 0 radical (unpaired) electrons. The monoisotopic (exact) mass is 416 g/mol. The van der Waals surface area contributed by atoms with Gasteiger partial charge in [-0.25, -0.2) is 12.7 Å². The molecule has 3 rings (SSSR count). The first kappa shape index (κ1) is 21.3. The van der Waals surface area contributed by atoms with E-state index in [0.29, 0.717) is 24.2 Å². The molecule has 1 aliphatic rings. The van der Waals surface area contributed by atoms with Crippen molar-refractivity contribution in [2.75, 3.05) is 20.2 Å². The summed E-state index contributed by atoms with van der Waals surface area (Å²) in [7, 11) is -1.71. The van der Waals surface area contributed by atoms with Crippen molar-refractivity contribution < 1.29 is 17.9 Å². The molecule has 7 heteroatoms. The zero-order valence-electron chi connectivity index (χ0n) is 16.9. The largest absolute Gasteiger partial charge is 0.496 e. The third kappa shape index (κ3) is 5.36. The first-order valence-electron chi connectivity index (χ1n) is 9.91. The Labute approximate surface area is 172 Å². The van der Waals surface area contributed by atoms with Crippen LogP contribution >= 0.6 is 0 Å². The van der Waals surface area contributed by atoms with Crippen LogP contribution in [0.5, 0.6) is 5.75 Å². The van der Waals surface area contributed by atoms with Crippen molar-refractivity contribution in [2.24, 2.45) is 0 Å². The highest BCUT2D eigenvalue weighted by Gasteiger charge is 2.24. The molecule has 0 saturated carbocycles. The Morgan fingerprint density at radius 3 is 2.38 bits per heavy atom. The number of nitrogens with zero attached hydrogens (tertiary/aromatic N) is 1. The second kappa shape index (κ2) is 9.41. The standard InChI is InChI=1S/C22H28N2O4S/c1-17(20-8-4-5-9-21(20)28-2)23-22(25)19-12-10-18(11-13-19)16-29(26,27)24-14-6-3-7-15-24/h4-5,8-13,17H,3,6-7,14-16H2,1-2H3,(H,23,25)/t17-/m1/s1. The molecule has 0 spiro atoms. The van der Waals surface area contributed by atoms with Crippen molar-refractivity contribution in [3.63, 3.8) is 0 Å². The Balaban J connectivity index is 1.64. The van der Waals surface area contributed by atoms with Crippen LogP contribution in [0.2, 0.25) is 0 Å². The quantitative estimate of drug-likeness (QED) is 0.750. The average Bonchev–Trinajstić information content (AvgIpc) is 2.74. The molecule has 2 aromatic carbocycles. The molecule has 156 valence electrons. The van der Waals surface area contributed by atoms with Crippen LogP contribution in [0.3, 0.4) is 0 Å². The van der Waals surface area contributed by atoms with Crippen molar-refractivity contribution in [2.45, 2.75) is 38.0 Å². The number of hydrogen-bond donors (Lipinski definition) is 1. The van der Waals surface area contributed by atoms with Gasteiger partial charge in [0.2, 0.25) is 10.0 Å². The van der Waals surface area contributed by atoms with E-state index in [0.717, 1.165) is 30.6 Å². The number of amides is 1. The lowest BCUT2D eigenvalue weighted by molar-refractivity contribution is 0.0939. The Morgan fingerprint density at radius 1 is 1.07 bits per heavy atom. The van der Waals surface area contributed by atoms with E-state index in [4.69, 9.17) is 4.74 Å². The fourth-order valence-electron chi connectivity index (χ4n) is 3.58. The molecule has 1 saturated heterocycles. The average molecular weight is 417 g/mol. The number of sulfonamides is 1. The number of benzene rings is 2. The second-order valence-corrected chi connectivity index (χ2v) is 9.32. The van der Waals surface area contributed by atoms with E-state index >= 15 is 0 Å². The number of rotatable bonds is 7. The van der Waals surface area contributed by atoms with Crippen LogP contribution in [0.1, 0.15) is 53.7 Å². The number of carbonyl (C=O) groups is 1. The highest BCUT2D eigenvalue weighted by Crippen LogP contribution is 2.24. The number of hydrogen-bond acceptors (Lipinski definition) is 4. The van der Waals surface area contributed by atoms with Crippen LogP contribution in [0.15, 0.2) is 48.5 Å². The lowest BCUT2D eigenvalue weighted by atomic mass is 10.1. The predicted molar refractivity (Wildman–Crippen MR) is 113 cm³/mol. The predicted octanol–water partition coefficient (Wildman–Crippen LogP) is 3.50. The summed E-state index contributed by atoms with van der Waals surface area (Å²) in [6, 6.07) is 14.1. The van der Waals surface area contributed by atoms with Crippen molar-refractivity contribution >= 4 is 15.9 Å². The molecule has 0 unspecified atom stereocenters. The van der Waals surface area contributed by atoms with Crippen LogP contribution in [0.25, 0.3) is 0 Å². The van der Waals surface area contributed by atoms with Crippen molar-refractivity contribution in [3.05, 3.63) is 65.2 Å². The Morgan fingerprint density at radius 2 is 1.72 bits per heavy atom.